The van der Waals surface area contributed by atoms with Gasteiger partial charge in [-0.15, -0.1) is 0 Å². The number of hydrogen-bond donors (Lipinski definition) is 0. The molecule has 0 amide bonds. The zero-order chi connectivity index (χ0) is 26.5. The largest absolute Gasteiger partial charge is 0.322 e. The molecule has 6 heteroatoms. The molecule has 0 saturated carbocycles. The van der Waals surface area contributed by atoms with E-state index in [1.165, 1.54) is 77.0 Å². The van der Waals surface area contributed by atoms with Crippen molar-refractivity contribution in [2.24, 2.45) is 0 Å². The Morgan fingerprint density at radius 2 is 0.667 bits per heavy atom. The van der Waals surface area contributed by atoms with Crippen molar-refractivity contribution in [2.75, 3.05) is 63.4 Å². The van der Waals surface area contributed by atoms with Crippen LogP contribution in [-0.4, -0.2) is 73.2 Å². The van der Waals surface area contributed by atoms with Crippen molar-refractivity contribution in [3.63, 3.8) is 0 Å². The summed E-state index contributed by atoms with van der Waals surface area (Å²) in [5, 5.41) is 0. The fourth-order valence-corrected chi connectivity index (χ4v) is 11.9. The van der Waals surface area contributed by atoms with Gasteiger partial charge < -0.3 is 9.13 Å². The van der Waals surface area contributed by atoms with Gasteiger partial charge in [0.05, 0.1) is 12.6 Å². The van der Waals surface area contributed by atoms with Gasteiger partial charge in [-0.05, 0) is 25.7 Å². The standard InChI is InChI=1S/C30H64N2O2P2/c1-5-9-13-17-25-35(33,26-18-14-10-6-2)29-31-21-23-32(24-22-31)30-36(34,27-19-15-11-7-3)28-20-16-12-8-4/h5-30H2,1-4H3. The maximum absolute atomic E-state index is 14.0. The minimum atomic E-state index is -2.12. The van der Waals surface area contributed by atoms with Crippen molar-refractivity contribution >= 4 is 14.3 Å². The summed E-state index contributed by atoms with van der Waals surface area (Å²) < 4.78 is 27.9. The van der Waals surface area contributed by atoms with E-state index < -0.39 is 14.3 Å². The van der Waals surface area contributed by atoms with Crippen LogP contribution >= 0.6 is 14.3 Å². The predicted octanol–water partition coefficient (Wildman–Crippen LogP) is 9.57. The average Bonchev–Trinajstić information content (AvgIpc) is 2.87. The summed E-state index contributed by atoms with van der Waals surface area (Å²) in [5.41, 5.74) is 0. The minimum Gasteiger partial charge on any atom is -0.322 e. The van der Waals surface area contributed by atoms with Gasteiger partial charge in [0.2, 0.25) is 0 Å². The molecule has 1 heterocycles. The van der Waals surface area contributed by atoms with Crippen molar-refractivity contribution in [1.29, 1.82) is 0 Å². The molecule has 216 valence electrons. The maximum Gasteiger partial charge on any atom is 0.101 e. The van der Waals surface area contributed by atoms with E-state index in [0.29, 0.717) is 0 Å². The number of hydrogen-bond acceptors (Lipinski definition) is 4. The Bertz CT molecular complexity index is 522. The van der Waals surface area contributed by atoms with Gasteiger partial charge in [0.25, 0.3) is 0 Å². The lowest BCUT2D eigenvalue weighted by molar-refractivity contribution is 0.163. The molecular formula is C30H64N2O2P2. The molecule has 1 fully saturated rings. The molecule has 0 N–H and O–H groups in total. The van der Waals surface area contributed by atoms with Crippen molar-refractivity contribution in [2.45, 2.75) is 130 Å². The molecule has 4 nitrogen and oxygen atoms in total. The van der Waals surface area contributed by atoms with E-state index in [-0.39, 0.29) is 0 Å². The highest BCUT2D eigenvalue weighted by Crippen LogP contribution is 2.50. The Balaban J connectivity index is 2.59. The Kier molecular flexibility index (Phi) is 20.3. The topological polar surface area (TPSA) is 40.6 Å². The lowest BCUT2D eigenvalue weighted by Crippen LogP contribution is -2.47. The predicted molar refractivity (Wildman–Crippen MR) is 164 cm³/mol. The molecule has 0 aromatic rings. The van der Waals surface area contributed by atoms with Gasteiger partial charge in [-0.2, -0.15) is 0 Å². The monoisotopic (exact) mass is 546 g/mol. The van der Waals surface area contributed by atoms with Crippen molar-refractivity contribution < 1.29 is 9.13 Å². The molecule has 0 bridgehead atoms. The third-order valence-corrected chi connectivity index (χ3v) is 14.4. The first-order chi connectivity index (χ1) is 17.4. The normalized spacial score (nSPS) is 16.1. The van der Waals surface area contributed by atoms with E-state index >= 15 is 0 Å². The van der Waals surface area contributed by atoms with Crippen LogP contribution in [0.4, 0.5) is 0 Å². The van der Waals surface area contributed by atoms with Crippen molar-refractivity contribution in [1.82, 2.24) is 9.80 Å². The molecule has 1 saturated heterocycles. The summed E-state index contributed by atoms with van der Waals surface area (Å²) >= 11 is 0. The molecule has 0 aliphatic carbocycles. The minimum absolute atomic E-state index is 0.824. The quantitative estimate of drug-likeness (QED) is 0.0893. The lowest BCUT2D eigenvalue weighted by atomic mass is 10.2. The van der Waals surface area contributed by atoms with Crippen LogP contribution in [0.3, 0.4) is 0 Å². The van der Waals surface area contributed by atoms with Crippen molar-refractivity contribution in [3.05, 3.63) is 0 Å². The summed E-state index contributed by atoms with van der Waals surface area (Å²) in [6.45, 7) is 13.0. The molecule has 0 radical (unpaired) electrons. The summed E-state index contributed by atoms with van der Waals surface area (Å²) in [7, 11) is -4.24. The van der Waals surface area contributed by atoms with E-state index in [1.807, 2.05) is 0 Å². The van der Waals surface area contributed by atoms with Gasteiger partial charge in [-0.1, -0.05) is 105 Å². The molecule has 0 atom stereocenters. The van der Waals surface area contributed by atoms with E-state index in [9.17, 15) is 9.13 Å². The first kappa shape index (κ1) is 34.4. The molecule has 0 aromatic carbocycles. The molecular weight excluding hydrogens is 482 g/mol. The van der Waals surface area contributed by atoms with E-state index in [0.717, 1.165) is 89.1 Å². The van der Waals surface area contributed by atoms with Crippen LogP contribution in [0.2, 0.25) is 0 Å². The van der Waals surface area contributed by atoms with Gasteiger partial charge >= 0.3 is 0 Å². The number of nitrogens with zero attached hydrogens (tertiary/aromatic N) is 2. The third kappa shape index (κ3) is 16.4. The van der Waals surface area contributed by atoms with Crippen LogP contribution in [0.1, 0.15) is 130 Å². The summed E-state index contributed by atoms with van der Waals surface area (Å²) in [6, 6.07) is 0. The number of unbranched alkanes of at least 4 members (excludes halogenated alkanes) is 12. The second-order valence-electron chi connectivity index (χ2n) is 11.8. The SMILES string of the molecule is CCCCCCP(=O)(CCCCCC)CN1CCN(CP(=O)(CCCCCC)CCCCCC)CC1. The molecule has 1 aliphatic rings. The van der Waals surface area contributed by atoms with Gasteiger partial charge in [0, 0.05) is 50.8 Å². The van der Waals surface area contributed by atoms with Gasteiger partial charge in [0.1, 0.15) is 14.3 Å². The van der Waals surface area contributed by atoms with Crippen LogP contribution in [0.15, 0.2) is 0 Å². The smallest absolute Gasteiger partial charge is 0.101 e. The van der Waals surface area contributed by atoms with Gasteiger partial charge in [0.15, 0.2) is 0 Å². The molecule has 0 unspecified atom stereocenters. The van der Waals surface area contributed by atoms with E-state index in [4.69, 9.17) is 0 Å². The molecule has 36 heavy (non-hydrogen) atoms. The van der Waals surface area contributed by atoms with Crippen LogP contribution in [0.5, 0.6) is 0 Å². The highest BCUT2D eigenvalue weighted by atomic mass is 31.2. The fraction of sp³-hybridized carbons (Fsp3) is 1.00. The zero-order valence-electron chi connectivity index (χ0n) is 25.0. The second-order valence-corrected chi connectivity index (χ2v) is 18.4. The fourth-order valence-electron chi connectivity index (χ4n) is 5.61. The number of rotatable bonds is 24. The van der Waals surface area contributed by atoms with Crippen LogP contribution in [0, 0.1) is 0 Å². The lowest BCUT2D eigenvalue weighted by Gasteiger charge is -2.38. The van der Waals surface area contributed by atoms with E-state index in [1.54, 1.807) is 0 Å². The van der Waals surface area contributed by atoms with Gasteiger partial charge in [-0.3, -0.25) is 9.80 Å². The summed E-state index contributed by atoms with van der Waals surface area (Å²) in [6.07, 6.45) is 25.0. The second kappa shape index (κ2) is 21.2. The Morgan fingerprint density at radius 1 is 0.417 bits per heavy atom. The van der Waals surface area contributed by atoms with Crippen LogP contribution in [-0.2, 0) is 9.13 Å². The molecule has 0 aromatic heterocycles. The highest BCUT2D eigenvalue weighted by molar-refractivity contribution is 7.64. The first-order valence-electron chi connectivity index (χ1n) is 16.0. The molecule has 0 spiro atoms. The molecule has 1 aliphatic heterocycles. The zero-order valence-corrected chi connectivity index (χ0v) is 26.8. The Labute approximate surface area is 226 Å². The number of piperazine rings is 1. The third-order valence-electron chi connectivity index (χ3n) is 8.06. The Hall–Kier alpha value is 0.380. The van der Waals surface area contributed by atoms with Crippen LogP contribution in [0.25, 0.3) is 0 Å². The van der Waals surface area contributed by atoms with Crippen LogP contribution < -0.4 is 0 Å². The molecule has 1 rings (SSSR count). The summed E-state index contributed by atoms with van der Waals surface area (Å²) in [4.78, 5) is 4.98. The van der Waals surface area contributed by atoms with E-state index in [2.05, 4.69) is 37.5 Å². The highest BCUT2D eigenvalue weighted by Gasteiger charge is 2.30. The van der Waals surface area contributed by atoms with Gasteiger partial charge in [-0.25, -0.2) is 0 Å². The first-order valence-corrected chi connectivity index (χ1v) is 20.5. The maximum atomic E-state index is 14.0. The average molecular weight is 547 g/mol. The van der Waals surface area contributed by atoms with Crippen molar-refractivity contribution in [3.8, 4) is 0 Å². The Morgan fingerprint density at radius 3 is 0.889 bits per heavy atom. The summed E-state index contributed by atoms with van der Waals surface area (Å²) in [5.74, 6) is 0.